The number of carbonyl (C=O) groups excluding carboxylic acids is 4. The Hall–Kier alpha value is -2.13. The van der Waals surface area contributed by atoms with Crippen LogP contribution in [0.3, 0.4) is 0 Å². The van der Waals surface area contributed by atoms with E-state index < -0.39 is 64.3 Å². The fourth-order valence-electron chi connectivity index (χ4n) is 3.50. The van der Waals surface area contributed by atoms with Gasteiger partial charge in [0, 0.05) is 0 Å². The first kappa shape index (κ1) is 23.0. The van der Waals surface area contributed by atoms with Gasteiger partial charge in [-0.25, -0.2) is 0 Å². The van der Waals surface area contributed by atoms with E-state index in [-0.39, 0.29) is 25.4 Å². The maximum Gasteiger partial charge on any atom is 0.792 e. The van der Waals surface area contributed by atoms with Crippen LogP contribution in [-0.4, -0.2) is 77.4 Å². The second-order valence-corrected chi connectivity index (χ2v) is 7.68. The minimum absolute atomic E-state index is 0.0489. The van der Waals surface area contributed by atoms with Gasteiger partial charge in [-0.2, -0.15) is 0 Å². The number of hydrogen-bond acceptors (Lipinski definition) is 13. The van der Waals surface area contributed by atoms with Crippen LogP contribution in [0, 0.1) is 5.92 Å². The smallest absolute Gasteiger partial charge is 0.473 e. The zero-order chi connectivity index (χ0) is 22.7. The van der Waals surface area contributed by atoms with E-state index in [4.69, 9.17) is 41.9 Å². The topological polar surface area (TPSA) is 151 Å². The highest BCUT2D eigenvalue weighted by Gasteiger charge is 2.47. The highest BCUT2D eigenvalue weighted by atomic mass is 16.8. The van der Waals surface area contributed by atoms with Crippen molar-refractivity contribution in [2.75, 3.05) is 13.2 Å². The summed E-state index contributed by atoms with van der Waals surface area (Å²) in [4.78, 5) is 46.3. The standard InChI is InChI=1S/C16H21B3O13/c1-9-15(22)31-19(32-16(9)23)26-10(8-25-18-29-13(20)6-14(21)30-18)7-24-17-27-11-4-2-3-5-12(11)28-17/h9-12H,2-8H2,1H3. The van der Waals surface area contributed by atoms with Crippen LogP contribution in [0.15, 0.2) is 0 Å². The van der Waals surface area contributed by atoms with Crippen LogP contribution in [0.1, 0.15) is 39.0 Å². The number of rotatable bonds is 8. The van der Waals surface area contributed by atoms with Gasteiger partial charge >= 0.3 is 45.8 Å². The van der Waals surface area contributed by atoms with Crippen LogP contribution in [0.5, 0.6) is 0 Å². The van der Waals surface area contributed by atoms with Gasteiger partial charge in [-0.3, -0.25) is 19.2 Å². The maximum absolute atomic E-state index is 11.8. The lowest BCUT2D eigenvalue weighted by Gasteiger charge is -2.26. The average molecular weight is 454 g/mol. The molecule has 0 amide bonds. The molecule has 0 spiro atoms. The largest absolute Gasteiger partial charge is 0.792 e. The van der Waals surface area contributed by atoms with Gasteiger partial charge in [0.05, 0.1) is 31.5 Å². The summed E-state index contributed by atoms with van der Waals surface area (Å²) in [6.45, 7) is 0.802. The molecule has 13 nitrogen and oxygen atoms in total. The van der Waals surface area contributed by atoms with E-state index in [2.05, 4.69) is 0 Å². The summed E-state index contributed by atoms with van der Waals surface area (Å²) in [6.07, 6.45) is 2.21. The Labute approximate surface area is 184 Å². The summed E-state index contributed by atoms with van der Waals surface area (Å²) in [7, 11) is -4.14. The van der Waals surface area contributed by atoms with Gasteiger partial charge in [0.2, 0.25) is 0 Å². The Morgan fingerprint density at radius 1 is 0.812 bits per heavy atom. The molecule has 0 aromatic heterocycles. The minimum Gasteiger partial charge on any atom is -0.473 e. The van der Waals surface area contributed by atoms with Crippen molar-refractivity contribution in [3.05, 3.63) is 0 Å². The SMILES string of the molecule is CC1C(=O)OB(OC(COB2OC(=O)CC(=O)O2)COB2OC3CCCCC3O2)OC1=O. The Morgan fingerprint density at radius 2 is 1.34 bits per heavy atom. The number of hydrogen-bond donors (Lipinski definition) is 0. The molecule has 3 atom stereocenters. The van der Waals surface area contributed by atoms with Crippen molar-refractivity contribution in [3.8, 4) is 0 Å². The van der Waals surface area contributed by atoms with Crippen LogP contribution >= 0.6 is 0 Å². The lowest BCUT2D eigenvalue weighted by molar-refractivity contribution is -0.165. The third-order valence-electron chi connectivity index (χ3n) is 5.23. The van der Waals surface area contributed by atoms with Gasteiger partial charge in [-0.1, -0.05) is 12.8 Å². The molecule has 0 aromatic rings. The highest BCUT2D eigenvalue weighted by Crippen LogP contribution is 2.30. The van der Waals surface area contributed by atoms with E-state index in [0.29, 0.717) is 0 Å². The average Bonchev–Trinajstić information content (AvgIpc) is 3.16. The molecular formula is C16H21B3O13. The molecule has 0 radical (unpaired) electrons. The van der Waals surface area contributed by atoms with E-state index in [1.54, 1.807) is 0 Å². The van der Waals surface area contributed by atoms with E-state index in [9.17, 15) is 19.2 Å². The molecule has 32 heavy (non-hydrogen) atoms. The molecule has 172 valence electrons. The molecule has 4 rings (SSSR count). The highest BCUT2D eigenvalue weighted by molar-refractivity contribution is 6.45. The minimum atomic E-state index is -1.63. The predicted octanol–water partition coefficient (Wildman–Crippen LogP) is -1.06. The Kier molecular flexibility index (Phi) is 7.35. The fourth-order valence-corrected chi connectivity index (χ4v) is 3.50. The number of fused-ring (bicyclic) bond motifs is 1. The molecule has 3 unspecified atom stereocenters. The molecule has 3 saturated heterocycles. The van der Waals surface area contributed by atoms with E-state index in [0.717, 1.165) is 25.7 Å². The summed E-state index contributed by atoms with van der Waals surface area (Å²) in [5.41, 5.74) is 0. The third-order valence-corrected chi connectivity index (χ3v) is 5.23. The molecule has 4 fully saturated rings. The van der Waals surface area contributed by atoms with Gasteiger partial charge in [0.25, 0.3) is 0 Å². The monoisotopic (exact) mass is 454 g/mol. The maximum atomic E-state index is 11.8. The van der Waals surface area contributed by atoms with Crippen LogP contribution in [0.2, 0.25) is 0 Å². The van der Waals surface area contributed by atoms with Crippen molar-refractivity contribution in [3.63, 3.8) is 0 Å². The van der Waals surface area contributed by atoms with Crippen LogP contribution in [0.25, 0.3) is 0 Å². The van der Waals surface area contributed by atoms with Crippen molar-refractivity contribution in [2.45, 2.75) is 57.3 Å². The van der Waals surface area contributed by atoms with Gasteiger partial charge in [0.1, 0.15) is 12.3 Å². The molecular weight excluding hydrogens is 433 g/mol. The van der Waals surface area contributed by atoms with Gasteiger partial charge in [0.15, 0.2) is 0 Å². The van der Waals surface area contributed by atoms with Gasteiger partial charge in [-0.05, 0) is 19.8 Å². The zero-order valence-corrected chi connectivity index (χ0v) is 17.3. The zero-order valence-electron chi connectivity index (χ0n) is 17.3. The Morgan fingerprint density at radius 3 is 1.91 bits per heavy atom. The summed E-state index contributed by atoms with van der Waals surface area (Å²) in [5.74, 6) is -4.31. The van der Waals surface area contributed by atoms with Crippen molar-refractivity contribution in [2.24, 2.45) is 5.92 Å². The van der Waals surface area contributed by atoms with Crippen molar-refractivity contribution < 1.29 is 61.1 Å². The normalized spacial score (nSPS) is 27.5. The van der Waals surface area contributed by atoms with Crippen molar-refractivity contribution in [1.29, 1.82) is 0 Å². The van der Waals surface area contributed by atoms with Gasteiger partial charge < -0.3 is 41.9 Å². The molecule has 3 heterocycles. The first-order valence-corrected chi connectivity index (χ1v) is 10.4. The van der Waals surface area contributed by atoms with Gasteiger partial charge in [-0.15, -0.1) is 0 Å². The second-order valence-electron chi connectivity index (χ2n) is 7.68. The summed E-state index contributed by atoms with van der Waals surface area (Å²) >= 11 is 0. The molecule has 3 aliphatic heterocycles. The molecule has 16 heteroatoms. The molecule has 1 saturated carbocycles. The first-order chi connectivity index (χ1) is 15.4. The van der Waals surface area contributed by atoms with E-state index in [1.807, 2.05) is 0 Å². The summed E-state index contributed by atoms with van der Waals surface area (Å²) in [6, 6.07) is 0. The van der Waals surface area contributed by atoms with Crippen LogP contribution in [0.4, 0.5) is 0 Å². The molecule has 0 aromatic carbocycles. The Balaban J connectivity index is 1.32. The van der Waals surface area contributed by atoms with E-state index >= 15 is 0 Å². The molecule has 0 bridgehead atoms. The molecule has 0 N–H and O–H groups in total. The lowest BCUT2D eigenvalue weighted by Crippen LogP contribution is -2.48. The van der Waals surface area contributed by atoms with Crippen molar-refractivity contribution in [1.82, 2.24) is 0 Å². The summed E-state index contributed by atoms with van der Waals surface area (Å²) in [5, 5.41) is 0. The second kappa shape index (κ2) is 10.2. The third kappa shape index (κ3) is 5.81. The van der Waals surface area contributed by atoms with E-state index in [1.165, 1.54) is 6.92 Å². The fraction of sp³-hybridized carbons (Fsp3) is 0.750. The van der Waals surface area contributed by atoms with Crippen LogP contribution < -0.4 is 0 Å². The van der Waals surface area contributed by atoms with Crippen molar-refractivity contribution >= 4 is 45.8 Å². The first-order valence-electron chi connectivity index (χ1n) is 10.4. The lowest BCUT2D eigenvalue weighted by atomic mass is 9.95. The quantitative estimate of drug-likeness (QED) is 0.324. The molecule has 4 aliphatic rings. The predicted molar refractivity (Wildman–Crippen MR) is 100 cm³/mol. The number of carbonyl (C=O) groups is 4. The van der Waals surface area contributed by atoms with Crippen LogP contribution in [-0.2, 0) is 61.1 Å². The summed E-state index contributed by atoms with van der Waals surface area (Å²) < 4.78 is 47.2. The molecule has 1 aliphatic carbocycles. The Bertz CT molecular complexity index is 703.